The number of carbonyl (C=O) groups is 4. The lowest BCUT2D eigenvalue weighted by atomic mass is 10.0. The first-order valence-electron chi connectivity index (χ1n) is 12.6. The average molecular weight is 541 g/mol. The molecule has 2 fully saturated rings. The summed E-state index contributed by atoms with van der Waals surface area (Å²) in [6, 6.07) is 15.6. The first kappa shape index (κ1) is 27.5. The summed E-state index contributed by atoms with van der Waals surface area (Å²) < 4.78 is 25.0. The Labute approximate surface area is 222 Å². The molecular weight excluding hydrogens is 508 g/mol. The predicted molar refractivity (Wildman–Crippen MR) is 142 cm³/mol. The molecule has 2 aliphatic rings. The topological polar surface area (TPSA) is 124 Å². The van der Waals surface area contributed by atoms with Crippen molar-refractivity contribution in [3.63, 3.8) is 0 Å². The molecular formula is C27H32N4O6S. The SMILES string of the molecule is CS(=O)(=O)N1CCN(C(=O)[C@H](CC(=O)N2CCC(=O)CC2)NC(=O)c2ccc(-c3ccccc3)cc2)CC1. The number of nitrogens with zero attached hydrogens (tertiary/aromatic N) is 3. The molecule has 4 rings (SSSR count). The Morgan fingerprint density at radius 2 is 1.39 bits per heavy atom. The number of Topliss-reactive ketones (excluding diaryl/α,β-unsaturated/α-hetero) is 1. The van der Waals surface area contributed by atoms with Gasteiger partial charge in [0, 0.05) is 57.7 Å². The smallest absolute Gasteiger partial charge is 0.251 e. The van der Waals surface area contributed by atoms with Crippen molar-refractivity contribution in [2.75, 3.05) is 45.5 Å². The zero-order chi connectivity index (χ0) is 27.3. The minimum atomic E-state index is -3.37. The van der Waals surface area contributed by atoms with Crippen molar-refractivity contribution in [2.24, 2.45) is 0 Å². The number of piperidine rings is 1. The fraction of sp³-hybridized carbons (Fsp3) is 0.407. The Morgan fingerprint density at radius 1 is 0.816 bits per heavy atom. The van der Waals surface area contributed by atoms with Gasteiger partial charge in [-0.3, -0.25) is 19.2 Å². The van der Waals surface area contributed by atoms with Crippen LogP contribution < -0.4 is 5.32 Å². The second kappa shape index (κ2) is 11.9. The van der Waals surface area contributed by atoms with Crippen LogP contribution in [0.15, 0.2) is 54.6 Å². The molecule has 2 aliphatic heterocycles. The molecule has 11 heteroatoms. The number of rotatable bonds is 7. The normalized spacial score (nSPS) is 17.7. The summed E-state index contributed by atoms with van der Waals surface area (Å²) in [6.45, 7) is 1.21. The van der Waals surface area contributed by atoms with Gasteiger partial charge in [0.15, 0.2) is 0 Å². The van der Waals surface area contributed by atoms with Gasteiger partial charge in [0.25, 0.3) is 5.91 Å². The zero-order valence-electron chi connectivity index (χ0n) is 21.3. The number of carbonyl (C=O) groups excluding carboxylic acids is 4. The first-order chi connectivity index (χ1) is 18.1. The highest BCUT2D eigenvalue weighted by molar-refractivity contribution is 7.88. The van der Waals surface area contributed by atoms with Crippen LogP contribution in [0.4, 0.5) is 0 Å². The maximum absolute atomic E-state index is 13.4. The Kier molecular flexibility index (Phi) is 8.58. The third-order valence-electron chi connectivity index (χ3n) is 6.93. The van der Waals surface area contributed by atoms with E-state index in [-0.39, 0.29) is 57.1 Å². The van der Waals surface area contributed by atoms with Crippen molar-refractivity contribution in [1.29, 1.82) is 0 Å². The highest BCUT2D eigenvalue weighted by Gasteiger charge is 2.34. The van der Waals surface area contributed by atoms with E-state index in [1.807, 2.05) is 42.5 Å². The molecule has 2 aromatic carbocycles. The predicted octanol–water partition coefficient (Wildman–Crippen LogP) is 1.14. The number of hydrogen-bond donors (Lipinski definition) is 1. The zero-order valence-corrected chi connectivity index (χ0v) is 22.2. The van der Waals surface area contributed by atoms with Gasteiger partial charge in [0.1, 0.15) is 11.8 Å². The van der Waals surface area contributed by atoms with Crippen molar-refractivity contribution >= 4 is 33.5 Å². The monoisotopic (exact) mass is 540 g/mol. The number of likely N-dealkylation sites (tertiary alicyclic amines) is 1. The van der Waals surface area contributed by atoms with E-state index >= 15 is 0 Å². The Morgan fingerprint density at radius 3 is 1.97 bits per heavy atom. The lowest BCUT2D eigenvalue weighted by molar-refractivity contribution is -0.141. The number of ketones is 1. The van der Waals surface area contributed by atoms with Crippen LogP contribution in [-0.4, -0.2) is 97.6 Å². The van der Waals surface area contributed by atoms with E-state index in [0.29, 0.717) is 18.7 Å². The Balaban J connectivity index is 1.47. The fourth-order valence-corrected chi connectivity index (χ4v) is 5.48. The molecule has 2 saturated heterocycles. The van der Waals surface area contributed by atoms with Crippen LogP contribution >= 0.6 is 0 Å². The van der Waals surface area contributed by atoms with Crippen molar-refractivity contribution in [3.05, 3.63) is 60.2 Å². The van der Waals surface area contributed by atoms with Crippen LogP contribution in [0.1, 0.15) is 29.6 Å². The van der Waals surface area contributed by atoms with Crippen LogP contribution in [-0.2, 0) is 24.4 Å². The number of benzene rings is 2. The van der Waals surface area contributed by atoms with Crippen LogP contribution in [0.25, 0.3) is 11.1 Å². The second-order valence-corrected chi connectivity index (χ2v) is 11.6. The minimum absolute atomic E-state index is 0.0951. The average Bonchev–Trinajstić information content (AvgIpc) is 2.92. The van der Waals surface area contributed by atoms with E-state index in [1.54, 1.807) is 17.0 Å². The van der Waals surface area contributed by atoms with E-state index < -0.39 is 27.9 Å². The van der Waals surface area contributed by atoms with Gasteiger partial charge in [-0.1, -0.05) is 42.5 Å². The molecule has 202 valence electrons. The molecule has 0 radical (unpaired) electrons. The molecule has 0 bridgehead atoms. The van der Waals surface area contributed by atoms with E-state index in [4.69, 9.17) is 0 Å². The number of hydrogen-bond acceptors (Lipinski definition) is 6. The van der Waals surface area contributed by atoms with Gasteiger partial charge in [0.05, 0.1) is 12.7 Å². The summed E-state index contributed by atoms with van der Waals surface area (Å²) in [6.07, 6.45) is 1.43. The maximum atomic E-state index is 13.4. The number of sulfonamides is 1. The third kappa shape index (κ3) is 6.84. The summed E-state index contributed by atoms with van der Waals surface area (Å²) in [5, 5.41) is 2.73. The van der Waals surface area contributed by atoms with E-state index in [1.165, 1.54) is 9.21 Å². The highest BCUT2D eigenvalue weighted by atomic mass is 32.2. The van der Waals surface area contributed by atoms with E-state index in [2.05, 4.69) is 5.32 Å². The molecule has 3 amide bonds. The van der Waals surface area contributed by atoms with Gasteiger partial charge >= 0.3 is 0 Å². The molecule has 0 aliphatic carbocycles. The molecule has 0 unspecified atom stereocenters. The van der Waals surface area contributed by atoms with Crippen LogP contribution in [0.2, 0.25) is 0 Å². The molecule has 0 saturated carbocycles. The van der Waals surface area contributed by atoms with Gasteiger partial charge in [-0.15, -0.1) is 0 Å². The standard InChI is InChI=1S/C27H32N4O6S/c1-38(36,37)31-17-15-30(16-18-31)27(35)24(19-25(33)29-13-11-23(32)12-14-29)28-26(34)22-9-7-21(8-10-22)20-5-3-2-4-6-20/h2-10,24H,11-19H2,1H3,(H,28,34)/t24-/m0/s1. The highest BCUT2D eigenvalue weighted by Crippen LogP contribution is 2.20. The van der Waals surface area contributed by atoms with Crippen molar-refractivity contribution in [3.8, 4) is 11.1 Å². The van der Waals surface area contributed by atoms with E-state index in [9.17, 15) is 27.6 Å². The second-order valence-electron chi connectivity index (χ2n) is 9.58. The molecule has 2 heterocycles. The molecule has 10 nitrogen and oxygen atoms in total. The first-order valence-corrected chi connectivity index (χ1v) is 14.5. The molecule has 0 aromatic heterocycles. The largest absolute Gasteiger partial charge is 0.342 e. The number of amides is 3. The minimum Gasteiger partial charge on any atom is -0.342 e. The Bertz CT molecular complexity index is 1280. The summed E-state index contributed by atoms with van der Waals surface area (Å²) in [5.41, 5.74) is 2.29. The third-order valence-corrected chi connectivity index (χ3v) is 8.23. The summed E-state index contributed by atoms with van der Waals surface area (Å²) >= 11 is 0. The fourth-order valence-electron chi connectivity index (χ4n) is 4.66. The van der Waals surface area contributed by atoms with Crippen LogP contribution in [0.3, 0.4) is 0 Å². The number of piperazine rings is 1. The van der Waals surface area contributed by atoms with Crippen molar-refractivity contribution in [1.82, 2.24) is 19.4 Å². The maximum Gasteiger partial charge on any atom is 0.251 e. The molecule has 38 heavy (non-hydrogen) atoms. The molecule has 1 atom stereocenters. The van der Waals surface area contributed by atoms with E-state index in [0.717, 1.165) is 17.4 Å². The summed E-state index contributed by atoms with van der Waals surface area (Å²) in [7, 11) is -3.37. The van der Waals surface area contributed by atoms with Crippen LogP contribution in [0.5, 0.6) is 0 Å². The number of nitrogens with one attached hydrogen (secondary N) is 1. The summed E-state index contributed by atoms with van der Waals surface area (Å²) in [5.74, 6) is -1.14. The van der Waals surface area contributed by atoms with Gasteiger partial charge < -0.3 is 15.1 Å². The molecule has 2 aromatic rings. The Hall–Kier alpha value is -3.57. The van der Waals surface area contributed by atoms with Gasteiger partial charge in [-0.2, -0.15) is 4.31 Å². The molecule has 1 N–H and O–H groups in total. The van der Waals surface area contributed by atoms with Gasteiger partial charge in [-0.05, 0) is 23.3 Å². The van der Waals surface area contributed by atoms with Crippen molar-refractivity contribution in [2.45, 2.75) is 25.3 Å². The van der Waals surface area contributed by atoms with Crippen LogP contribution in [0, 0.1) is 0 Å². The quantitative estimate of drug-likeness (QED) is 0.562. The lowest BCUT2D eigenvalue weighted by Gasteiger charge is -2.35. The summed E-state index contributed by atoms with van der Waals surface area (Å²) in [4.78, 5) is 54.2. The molecule has 0 spiro atoms. The van der Waals surface area contributed by atoms with Gasteiger partial charge in [0.2, 0.25) is 21.8 Å². The van der Waals surface area contributed by atoms with Gasteiger partial charge in [-0.25, -0.2) is 8.42 Å². The van der Waals surface area contributed by atoms with Crippen molar-refractivity contribution < 1.29 is 27.6 Å². The lowest BCUT2D eigenvalue weighted by Crippen LogP contribution is -2.56.